The van der Waals surface area contributed by atoms with Crippen molar-refractivity contribution in [3.8, 4) is 0 Å². The average molecular weight is 925 g/mol. The third-order valence-corrected chi connectivity index (χ3v) is 12.8. The van der Waals surface area contributed by atoms with Crippen LogP contribution in [0.2, 0.25) is 0 Å². The number of rotatable bonds is 13. The van der Waals surface area contributed by atoms with Crippen LogP contribution in [-0.2, 0) is 61.7 Å². The van der Waals surface area contributed by atoms with Crippen LogP contribution in [0.4, 0.5) is 9.59 Å². The Morgan fingerprint density at radius 1 is 0.677 bits per heavy atom. The lowest BCUT2D eigenvalue weighted by molar-refractivity contribution is -0.376. The quantitative estimate of drug-likeness (QED) is 0.0518. The molecule has 0 amide bonds. The average Bonchev–Trinajstić information content (AvgIpc) is 3.92. The number of fused-ring (bicyclic) bond motifs is 1. The molecule has 8 N–H and O–H groups in total. The van der Waals surface area contributed by atoms with Gasteiger partial charge in [-0.3, -0.25) is 4.79 Å². The maximum absolute atomic E-state index is 14.3. The Morgan fingerprint density at radius 3 is 1.89 bits per heavy atom. The molecule has 62 heavy (non-hydrogen) atoms. The van der Waals surface area contributed by atoms with Crippen molar-refractivity contribution in [2.75, 3.05) is 46.0 Å². The Bertz CT molecular complexity index is 1780. The number of carbonyl (C=O) groups excluding carboxylic acids is 4. The van der Waals surface area contributed by atoms with Crippen molar-refractivity contribution in [3.63, 3.8) is 0 Å². The van der Waals surface area contributed by atoms with Crippen LogP contribution < -0.4 is 0 Å². The van der Waals surface area contributed by atoms with E-state index < -0.39 is 164 Å². The molecule has 2 aliphatic carbocycles. The Kier molecular flexibility index (Phi) is 14.9. The molecule has 7 rings (SSSR count). The second-order valence-electron chi connectivity index (χ2n) is 15.3. The predicted octanol–water partition coefficient (Wildman–Crippen LogP) is -3.01. The Balaban J connectivity index is 1.15. The third-order valence-electron chi connectivity index (χ3n) is 11.9. The van der Waals surface area contributed by atoms with Crippen LogP contribution in [0.15, 0.2) is 35.1 Å². The smallest absolute Gasteiger partial charge is 0.367 e. The largest absolute Gasteiger partial charge is 0.471 e. The fourth-order valence-electron chi connectivity index (χ4n) is 8.89. The SMILES string of the molecule is COC1OC(OC2OC(CO)C(O)C(O)C2OC(=O)C2=COC(OC3OC(CO)C(O)C(O)C3O)C3C(COC(=O)SC)=CC(O)C23)C2C(COC(=O)SC)=CC3OC(=O)C1C32. The number of carbonyl (C=O) groups is 4. The van der Waals surface area contributed by atoms with Crippen molar-refractivity contribution in [2.24, 2.45) is 29.6 Å². The summed E-state index contributed by atoms with van der Waals surface area (Å²) >= 11 is 1.58. The van der Waals surface area contributed by atoms with Gasteiger partial charge in [0, 0.05) is 24.9 Å². The van der Waals surface area contributed by atoms with E-state index in [-0.39, 0.29) is 17.8 Å². The summed E-state index contributed by atoms with van der Waals surface area (Å²) in [6.45, 7) is -2.29. The number of hydrogen-bond acceptors (Lipinski definition) is 25. The topological polar surface area (TPSA) is 332 Å². The van der Waals surface area contributed by atoms with E-state index in [0.29, 0.717) is 5.57 Å². The molecule has 0 saturated carbocycles. The van der Waals surface area contributed by atoms with Crippen LogP contribution in [-0.4, -0.2) is 202 Å². The summed E-state index contributed by atoms with van der Waals surface area (Å²) in [5.41, 5.74) is 0.250. The first-order chi connectivity index (χ1) is 29.6. The summed E-state index contributed by atoms with van der Waals surface area (Å²) in [6, 6.07) is 0. The zero-order chi connectivity index (χ0) is 44.7. The van der Waals surface area contributed by atoms with E-state index in [1.165, 1.54) is 25.7 Å². The maximum atomic E-state index is 14.3. The highest BCUT2D eigenvalue weighted by molar-refractivity contribution is 8.12. The van der Waals surface area contributed by atoms with Crippen molar-refractivity contribution in [1.29, 1.82) is 0 Å². The standard InChI is InChI=1S/C37H48O23S2/c1-50-31-22-21-15(54-30(22)47)5-12(9-53-37(49)62-3)19(21)33(58-31)60-35-28(26(44)24(42)17(7-39)56-35)57-29(46)13-10-51-32(59-34-27(45)25(43)23(41)16(6-38)55-34)18-11(4-14(40)20(13)18)8-52-36(48)61-2/h4-5,10,14-28,31-35,38-45H,6-9H2,1-3H3. The van der Waals surface area contributed by atoms with Gasteiger partial charge in [0.05, 0.1) is 37.1 Å². The van der Waals surface area contributed by atoms with E-state index in [1.807, 2.05) is 0 Å². The molecule has 0 aromatic rings. The molecule has 0 radical (unpaired) electrons. The molecule has 20 unspecified atom stereocenters. The summed E-state index contributed by atoms with van der Waals surface area (Å²) in [7, 11) is 1.28. The number of aliphatic hydroxyl groups is 8. The highest BCUT2D eigenvalue weighted by Gasteiger charge is 2.63. The van der Waals surface area contributed by atoms with Gasteiger partial charge in [0.15, 0.2) is 25.0 Å². The minimum absolute atomic E-state index is 0.179. The molecule has 4 fully saturated rings. The molecule has 4 saturated heterocycles. The van der Waals surface area contributed by atoms with Gasteiger partial charge in [0.2, 0.25) is 12.6 Å². The van der Waals surface area contributed by atoms with Gasteiger partial charge in [-0.1, -0.05) is 6.08 Å². The van der Waals surface area contributed by atoms with Crippen LogP contribution in [0.1, 0.15) is 0 Å². The third kappa shape index (κ3) is 8.88. The number of methoxy groups -OCH3 is 1. The van der Waals surface area contributed by atoms with Crippen LogP contribution in [0.25, 0.3) is 0 Å². The van der Waals surface area contributed by atoms with Crippen molar-refractivity contribution in [2.45, 2.75) is 92.5 Å². The van der Waals surface area contributed by atoms with Crippen LogP contribution >= 0.6 is 23.5 Å². The Labute approximate surface area is 360 Å². The van der Waals surface area contributed by atoms with Gasteiger partial charge in [-0.2, -0.15) is 0 Å². The minimum atomic E-state index is -1.99. The van der Waals surface area contributed by atoms with Crippen LogP contribution in [0.3, 0.4) is 0 Å². The Morgan fingerprint density at radius 2 is 1.27 bits per heavy atom. The fourth-order valence-corrected chi connectivity index (χ4v) is 9.24. The molecule has 0 aromatic carbocycles. The normalized spacial score (nSPS) is 43.3. The molecular weight excluding hydrogens is 877 g/mol. The van der Waals surface area contributed by atoms with Gasteiger partial charge < -0.3 is 93.0 Å². The minimum Gasteiger partial charge on any atom is -0.471 e. The number of ether oxygens (including phenoxy) is 11. The second kappa shape index (κ2) is 19.6. The lowest BCUT2D eigenvalue weighted by Gasteiger charge is -2.46. The summed E-state index contributed by atoms with van der Waals surface area (Å²) < 4.78 is 62.9. The van der Waals surface area contributed by atoms with E-state index in [0.717, 1.165) is 29.8 Å². The zero-order valence-corrected chi connectivity index (χ0v) is 34.8. The Hall–Kier alpha value is -2.96. The summed E-state index contributed by atoms with van der Waals surface area (Å²) in [6.07, 6.45) is -17.3. The molecule has 25 heteroatoms. The molecule has 0 bridgehead atoms. The first-order valence-electron chi connectivity index (χ1n) is 19.4. The molecule has 5 heterocycles. The molecular formula is C37H48O23S2. The first-order valence-corrected chi connectivity index (χ1v) is 21.8. The number of esters is 2. The van der Waals surface area contributed by atoms with E-state index in [9.17, 15) is 60.0 Å². The second-order valence-corrected chi connectivity index (χ2v) is 16.8. The molecule has 0 spiro atoms. The summed E-state index contributed by atoms with van der Waals surface area (Å²) in [5, 5.41) is 83.5. The van der Waals surface area contributed by atoms with Crippen molar-refractivity contribution < 1.29 is 112 Å². The van der Waals surface area contributed by atoms with Gasteiger partial charge >= 0.3 is 22.5 Å². The zero-order valence-electron chi connectivity index (χ0n) is 33.1. The van der Waals surface area contributed by atoms with Gasteiger partial charge in [0.1, 0.15) is 68.0 Å². The molecule has 7 aliphatic rings. The molecule has 346 valence electrons. The van der Waals surface area contributed by atoms with Crippen LogP contribution in [0.5, 0.6) is 0 Å². The van der Waals surface area contributed by atoms with Crippen LogP contribution in [0, 0.1) is 29.6 Å². The highest BCUT2D eigenvalue weighted by atomic mass is 32.2. The number of hydrogen-bond donors (Lipinski definition) is 8. The van der Waals surface area contributed by atoms with Crippen molar-refractivity contribution >= 4 is 46.1 Å². The molecule has 23 nitrogen and oxygen atoms in total. The monoisotopic (exact) mass is 924 g/mol. The van der Waals surface area contributed by atoms with E-state index in [2.05, 4.69) is 0 Å². The lowest BCUT2D eigenvalue weighted by atomic mass is 9.78. The predicted molar refractivity (Wildman–Crippen MR) is 201 cm³/mol. The maximum Gasteiger partial charge on any atom is 0.367 e. The van der Waals surface area contributed by atoms with E-state index in [1.54, 1.807) is 6.08 Å². The first kappa shape index (κ1) is 47.0. The molecule has 5 aliphatic heterocycles. The van der Waals surface area contributed by atoms with Gasteiger partial charge in [0.25, 0.3) is 0 Å². The number of thioether (sulfide) groups is 2. The lowest BCUT2D eigenvalue weighted by Crippen LogP contribution is -2.62. The van der Waals surface area contributed by atoms with Gasteiger partial charge in [-0.15, -0.1) is 0 Å². The molecule has 20 atom stereocenters. The van der Waals surface area contributed by atoms with E-state index in [4.69, 9.17) is 52.1 Å². The van der Waals surface area contributed by atoms with E-state index >= 15 is 0 Å². The highest BCUT2D eigenvalue weighted by Crippen LogP contribution is 2.52. The molecule has 0 aromatic heterocycles. The summed E-state index contributed by atoms with van der Waals surface area (Å²) in [4.78, 5) is 51.4. The fraction of sp³-hybridized carbons (Fsp3) is 0.730. The van der Waals surface area contributed by atoms with Crippen molar-refractivity contribution in [3.05, 3.63) is 35.1 Å². The van der Waals surface area contributed by atoms with Gasteiger partial charge in [-0.25, -0.2) is 14.4 Å². The number of aliphatic hydroxyl groups excluding tert-OH is 8. The van der Waals surface area contributed by atoms with Crippen molar-refractivity contribution in [1.82, 2.24) is 0 Å². The van der Waals surface area contributed by atoms with Gasteiger partial charge in [-0.05, 0) is 53.3 Å². The summed E-state index contributed by atoms with van der Waals surface area (Å²) in [5.74, 6) is -6.81.